The number of amides is 1. The Morgan fingerprint density at radius 3 is 2.17 bits per heavy atom. The summed E-state index contributed by atoms with van der Waals surface area (Å²) in [4.78, 5) is 15.0. The molecule has 0 atom stereocenters. The van der Waals surface area contributed by atoms with Gasteiger partial charge in [-0.3, -0.25) is 4.79 Å². The molecule has 0 aliphatic rings. The number of hydrogen-bond donors (Lipinski definition) is 1. The topological polar surface area (TPSA) is 88.7 Å². The van der Waals surface area contributed by atoms with Crippen molar-refractivity contribution in [1.29, 1.82) is 0 Å². The maximum Gasteiger partial charge on any atom is 0.416 e. The molecule has 6 nitrogen and oxygen atoms in total. The number of carbonyl (C=O) groups excluding carboxylic acids is 1. The summed E-state index contributed by atoms with van der Waals surface area (Å²) in [7, 11) is -4.23. The van der Waals surface area contributed by atoms with E-state index in [1.807, 2.05) is 0 Å². The van der Waals surface area contributed by atoms with Gasteiger partial charge in [-0.1, -0.05) is 6.92 Å². The van der Waals surface area contributed by atoms with E-state index in [0.29, 0.717) is 31.3 Å². The van der Waals surface area contributed by atoms with Gasteiger partial charge in [0, 0.05) is 12.5 Å². The van der Waals surface area contributed by atoms with E-state index in [1.165, 1.54) is 6.92 Å². The zero-order chi connectivity index (χ0) is 22.2. The van der Waals surface area contributed by atoms with Gasteiger partial charge in [-0.15, -0.1) is 0 Å². The van der Waals surface area contributed by atoms with Gasteiger partial charge in [0.15, 0.2) is 15.3 Å². The van der Waals surface area contributed by atoms with E-state index in [9.17, 15) is 40.4 Å². The van der Waals surface area contributed by atoms with E-state index in [2.05, 4.69) is 4.99 Å². The van der Waals surface area contributed by atoms with Crippen molar-refractivity contribution in [3.05, 3.63) is 58.7 Å². The van der Waals surface area contributed by atoms with Crippen LogP contribution in [0.1, 0.15) is 35.3 Å². The predicted octanol–water partition coefficient (Wildman–Crippen LogP) is 3.39. The van der Waals surface area contributed by atoms with E-state index in [4.69, 9.17) is 0 Å². The van der Waals surface area contributed by atoms with E-state index in [1.54, 1.807) is 0 Å². The summed E-state index contributed by atoms with van der Waals surface area (Å²) >= 11 is 0. The van der Waals surface area contributed by atoms with Gasteiger partial charge in [0.1, 0.15) is 0 Å². The summed E-state index contributed by atoms with van der Waals surface area (Å²) in [6.45, 7) is 1.76. The number of pyridine rings is 1. The van der Waals surface area contributed by atoms with Crippen LogP contribution in [0.25, 0.3) is 0 Å². The molecule has 0 radical (unpaired) electrons. The number of benzene rings is 1. The second-order valence-corrected chi connectivity index (χ2v) is 8.28. The predicted molar refractivity (Wildman–Crippen MR) is 90.2 cm³/mol. The summed E-state index contributed by atoms with van der Waals surface area (Å²) in [6, 6.07) is 3.27. The maximum atomic E-state index is 13.3. The average Bonchev–Trinajstić information content (AvgIpc) is 2.61. The standard InChI is InChI=1S/C17H15F5N2O4S/c1-3-29(27,28)13-8-10(17(20,21)22)4-6-12(13)15(25)23-14-7-5-11(9-24(14)26)16(2,18)19/h4-9,26H,3H2,1-2H3. The third kappa shape index (κ3) is 5.00. The second kappa shape index (κ2) is 7.58. The van der Waals surface area contributed by atoms with Crippen LogP contribution in [0.4, 0.5) is 22.0 Å². The van der Waals surface area contributed by atoms with Crippen LogP contribution in [0.3, 0.4) is 0 Å². The van der Waals surface area contributed by atoms with Crippen LogP contribution < -0.4 is 5.49 Å². The molecule has 0 saturated carbocycles. The van der Waals surface area contributed by atoms with Gasteiger partial charge in [0.25, 0.3) is 11.8 Å². The van der Waals surface area contributed by atoms with Crippen LogP contribution in [0.5, 0.6) is 0 Å². The minimum atomic E-state index is -4.84. The fraction of sp³-hybridized carbons (Fsp3) is 0.294. The van der Waals surface area contributed by atoms with Crippen LogP contribution in [0, 0.1) is 0 Å². The molecule has 0 spiro atoms. The minimum absolute atomic E-state index is 0.128. The Morgan fingerprint density at radius 2 is 1.69 bits per heavy atom. The molecule has 0 bridgehead atoms. The van der Waals surface area contributed by atoms with Crippen LogP contribution in [-0.2, 0) is 21.9 Å². The zero-order valence-corrected chi connectivity index (χ0v) is 15.9. The Bertz CT molecular complexity index is 1120. The van der Waals surface area contributed by atoms with Gasteiger partial charge in [0.05, 0.1) is 28.0 Å². The molecule has 2 rings (SSSR count). The van der Waals surface area contributed by atoms with Gasteiger partial charge >= 0.3 is 6.18 Å². The highest BCUT2D eigenvalue weighted by Crippen LogP contribution is 2.32. The number of halogens is 5. The van der Waals surface area contributed by atoms with Crippen LogP contribution in [0.15, 0.2) is 46.4 Å². The van der Waals surface area contributed by atoms with Gasteiger partial charge in [-0.05, 0) is 30.3 Å². The molecule has 12 heteroatoms. The number of nitrogens with zero attached hydrogens (tertiary/aromatic N) is 2. The lowest BCUT2D eigenvalue weighted by Gasteiger charge is -2.12. The molecule has 1 aromatic heterocycles. The lowest BCUT2D eigenvalue weighted by molar-refractivity contribution is -0.137. The summed E-state index contributed by atoms with van der Waals surface area (Å²) < 4.78 is 89.8. The fourth-order valence-electron chi connectivity index (χ4n) is 2.28. The number of aromatic nitrogens is 1. The molecule has 2 aromatic rings. The van der Waals surface area contributed by atoms with Crippen molar-refractivity contribution in [3.8, 4) is 0 Å². The first-order valence-electron chi connectivity index (χ1n) is 8.00. The van der Waals surface area contributed by atoms with E-state index < -0.39 is 60.7 Å². The van der Waals surface area contributed by atoms with Gasteiger partial charge in [0.2, 0.25) is 0 Å². The number of alkyl halides is 5. The van der Waals surface area contributed by atoms with Crippen LogP contribution >= 0.6 is 0 Å². The number of carbonyl (C=O) groups is 1. The Hall–Kier alpha value is -2.76. The van der Waals surface area contributed by atoms with Crippen molar-refractivity contribution < 1.29 is 40.4 Å². The minimum Gasteiger partial charge on any atom is -0.427 e. The molecular weight excluding hydrogens is 423 g/mol. The van der Waals surface area contributed by atoms with Crippen LogP contribution in [-0.4, -0.2) is 30.0 Å². The molecule has 1 aromatic carbocycles. The second-order valence-electron chi connectivity index (χ2n) is 6.04. The fourth-order valence-corrected chi connectivity index (χ4v) is 3.39. The highest BCUT2D eigenvalue weighted by molar-refractivity contribution is 7.91. The molecule has 1 N–H and O–H groups in total. The monoisotopic (exact) mass is 438 g/mol. The first-order valence-corrected chi connectivity index (χ1v) is 9.65. The highest BCUT2D eigenvalue weighted by atomic mass is 32.2. The van der Waals surface area contributed by atoms with Crippen molar-refractivity contribution in [2.75, 3.05) is 5.75 Å². The summed E-state index contributed by atoms with van der Waals surface area (Å²) in [6.07, 6.45) is -4.24. The Labute approximate surface area is 161 Å². The number of hydrogen-bond acceptors (Lipinski definition) is 4. The van der Waals surface area contributed by atoms with Crippen molar-refractivity contribution >= 4 is 15.7 Å². The SMILES string of the molecule is CCS(=O)(=O)c1cc(C(F)(F)F)ccc1C(=O)N=c1ccc(C(C)(F)F)cn1O. The van der Waals surface area contributed by atoms with Crippen molar-refractivity contribution in [1.82, 2.24) is 4.73 Å². The van der Waals surface area contributed by atoms with Gasteiger partial charge in [-0.25, -0.2) is 17.2 Å². The largest absolute Gasteiger partial charge is 0.427 e. The molecule has 0 aliphatic carbocycles. The summed E-state index contributed by atoms with van der Waals surface area (Å²) in [5, 5.41) is 9.75. The van der Waals surface area contributed by atoms with Crippen molar-refractivity contribution in [2.45, 2.75) is 30.8 Å². The highest BCUT2D eigenvalue weighted by Gasteiger charge is 2.33. The first-order chi connectivity index (χ1) is 13.2. The molecular formula is C17H15F5N2O4S. The quantitative estimate of drug-likeness (QED) is 0.586. The molecule has 0 unspecified atom stereocenters. The maximum absolute atomic E-state index is 13.3. The van der Waals surface area contributed by atoms with Gasteiger partial charge in [-0.2, -0.15) is 22.9 Å². The normalized spacial score (nSPS) is 13.6. The molecule has 1 amide bonds. The molecule has 1 heterocycles. The third-order valence-corrected chi connectivity index (χ3v) is 5.65. The zero-order valence-electron chi connectivity index (χ0n) is 15.0. The third-order valence-electron chi connectivity index (χ3n) is 3.89. The average molecular weight is 438 g/mol. The van der Waals surface area contributed by atoms with Gasteiger partial charge < -0.3 is 5.21 Å². The summed E-state index contributed by atoms with van der Waals surface area (Å²) in [5.41, 5.74) is -3.03. The Balaban J connectivity index is 2.63. The number of sulfone groups is 1. The lowest BCUT2D eigenvalue weighted by atomic mass is 10.1. The van der Waals surface area contributed by atoms with Crippen LogP contribution in [0.2, 0.25) is 0 Å². The summed E-state index contributed by atoms with van der Waals surface area (Å²) in [5.74, 6) is -5.14. The number of rotatable bonds is 4. The van der Waals surface area contributed by atoms with Crippen molar-refractivity contribution in [3.63, 3.8) is 0 Å². The molecule has 29 heavy (non-hydrogen) atoms. The molecule has 158 valence electrons. The van der Waals surface area contributed by atoms with E-state index in [-0.39, 0.29) is 4.73 Å². The van der Waals surface area contributed by atoms with E-state index in [0.717, 1.165) is 12.1 Å². The molecule has 0 aliphatic heterocycles. The van der Waals surface area contributed by atoms with Crippen molar-refractivity contribution in [2.24, 2.45) is 4.99 Å². The Morgan fingerprint density at radius 1 is 1.10 bits per heavy atom. The Kier molecular flexibility index (Phi) is 5.89. The lowest BCUT2D eigenvalue weighted by Crippen LogP contribution is -2.23. The smallest absolute Gasteiger partial charge is 0.416 e. The first kappa shape index (κ1) is 22.5. The molecule has 0 saturated heterocycles. The van der Waals surface area contributed by atoms with E-state index >= 15 is 0 Å². The molecule has 0 fully saturated rings.